The predicted octanol–water partition coefficient (Wildman–Crippen LogP) is 3.54. The number of fused-ring (bicyclic) bond motifs is 1. The van der Waals surface area contributed by atoms with Crippen LogP contribution in [0, 0.1) is 11.3 Å². The highest BCUT2D eigenvalue weighted by atomic mass is 16.3. The normalized spacial score (nSPS) is 25.6. The van der Waals surface area contributed by atoms with Crippen LogP contribution >= 0.6 is 0 Å². The third kappa shape index (κ3) is 4.06. The average molecular weight is 442 g/mol. The van der Waals surface area contributed by atoms with Crippen LogP contribution in [0.4, 0.5) is 0 Å². The number of nitrogens with zero attached hydrogens (tertiary/aromatic N) is 3. The van der Waals surface area contributed by atoms with Crippen molar-refractivity contribution < 1.29 is 10.2 Å². The van der Waals surface area contributed by atoms with Crippen molar-refractivity contribution in [3.8, 4) is 0 Å². The first-order valence-corrected chi connectivity index (χ1v) is 12.8. The van der Waals surface area contributed by atoms with Gasteiger partial charge in [0.2, 0.25) is 0 Å². The summed E-state index contributed by atoms with van der Waals surface area (Å²) >= 11 is 0. The van der Waals surface area contributed by atoms with Gasteiger partial charge in [0.05, 0.1) is 30.3 Å². The van der Waals surface area contributed by atoms with Gasteiger partial charge >= 0.3 is 5.69 Å². The number of hydrogen-bond acceptors (Lipinski definition) is 4. The van der Waals surface area contributed by atoms with E-state index in [0.717, 1.165) is 42.9 Å². The Morgan fingerprint density at radius 3 is 2.31 bits per heavy atom. The highest BCUT2D eigenvalue weighted by Crippen LogP contribution is 2.52. The minimum absolute atomic E-state index is 0.0608. The molecule has 1 unspecified atom stereocenters. The Morgan fingerprint density at radius 2 is 1.62 bits per heavy atom. The van der Waals surface area contributed by atoms with Gasteiger partial charge in [-0.3, -0.25) is 9.13 Å². The van der Waals surface area contributed by atoms with Crippen LogP contribution in [0.25, 0.3) is 11.0 Å². The Labute approximate surface area is 190 Å². The van der Waals surface area contributed by atoms with Gasteiger partial charge in [-0.25, -0.2) is 4.79 Å². The molecule has 6 heteroatoms. The molecule has 5 rings (SSSR count). The molecule has 6 nitrogen and oxygen atoms in total. The van der Waals surface area contributed by atoms with Crippen molar-refractivity contribution in [1.82, 2.24) is 14.0 Å². The quantitative estimate of drug-likeness (QED) is 0.719. The van der Waals surface area contributed by atoms with E-state index in [1.165, 1.54) is 57.9 Å². The summed E-state index contributed by atoms with van der Waals surface area (Å²) in [6, 6.07) is 8.06. The first-order chi connectivity index (χ1) is 15.6. The molecule has 2 atom stereocenters. The molecule has 1 aliphatic heterocycles. The van der Waals surface area contributed by atoms with E-state index in [4.69, 9.17) is 0 Å². The molecule has 3 fully saturated rings. The molecule has 2 N–H and O–H groups in total. The number of rotatable bonds is 6. The van der Waals surface area contributed by atoms with Gasteiger partial charge in [-0.15, -0.1) is 0 Å². The van der Waals surface area contributed by atoms with Crippen LogP contribution in [-0.2, 0) is 6.54 Å². The number of para-hydroxylation sites is 2. The van der Waals surface area contributed by atoms with Crippen molar-refractivity contribution in [3.05, 3.63) is 34.7 Å². The number of likely N-dealkylation sites (tertiary alicyclic amines) is 1. The number of aliphatic hydroxyl groups is 2. The van der Waals surface area contributed by atoms with E-state index >= 15 is 0 Å². The van der Waals surface area contributed by atoms with Crippen molar-refractivity contribution in [2.24, 2.45) is 11.3 Å². The third-order valence-electron chi connectivity index (χ3n) is 8.82. The van der Waals surface area contributed by atoms with E-state index < -0.39 is 6.10 Å². The van der Waals surface area contributed by atoms with Crippen LogP contribution in [0.15, 0.2) is 29.1 Å². The molecule has 176 valence electrons. The van der Waals surface area contributed by atoms with Crippen LogP contribution in [-0.4, -0.2) is 56.6 Å². The van der Waals surface area contributed by atoms with Crippen LogP contribution in [0.1, 0.15) is 70.3 Å². The highest BCUT2D eigenvalue weighted by Gasteiger charge is 2.43. The number of aromatic nitrogens is 2. The Balaban J connectivity index is 1.30. The minimum atomic E-state index is -0.924. The number of aliphatic hydroxyl groups excluding tert-OH is 2. The van der Waals surface area contributed by atoms with Crippen molar-refractivity contribution in [1.29, 1.82) is 0 Å². The predicted molar refractivity (Wildman–Crippen MR) is 127 cm³/mol. The lowest BCUT2D eigenvalue weighted by Crippen LogP contribution is -2.44. The standard InChI is InChI=1S/C26H39N3O3/c30-19-22(31)18-28-23-8-1-2-9-24(23)29(25(28)32)21-10-15-27(16-11-21)17-20-7-3-4-12-26(20)13-5-6-14-26/h1-2,8-9,20-22,30-31H,3-7,10-19H2/t20?,22-/m1/s1. The van der Waals surface area contributed by atoms with Crippen molar-refractivity contribution in [2.75, 3.05) is 26.2 Å². The number of benzene rings is 1. The monoisotopic (exact) mass is 441 g/mol. The van der Waals surface area contributed by atoms with Gasteiger partial charge in [0.25, 0.3) is 0 Å². The second kappa shape index (κ2) is 9.32. The molecule has 32 heavy (non-hydrogen) atoms. The SMILES string of the molecule is O=c1n(C[C@@H](O)CO)c2ccccc2n1C1CCN(CC2CCCCC23CCCC3)CC1. The second-order valence-corrected chi connectivity index (χ2v) is 10.6. The fourth-order valence-corrected chi connectivity index (χ4v) is 7.10. The molecule has 1 spiro atoms. The molecule has 1 saturated heterocycles. The fourth-order valence-electron chi connectivity index (χ4n) is 7.10. The summed E-state index contributed by atoms with van der Waals surface area (Å²) in [7, 11) is 0. The van der Waals surface area contributed by atoms with Crippen molar-refractivity contribution in [2.45, 2.75) is 82.9 Å². The topological polar surface area (TPSA) is 70.6 Å². The number of piperidine rings is 1. The van der Waals surface area contributed by atoms with Gasteiger partial charge in [-0.2, -0.15) is 0 Å². The van der Waals surface area contributed by atoms with Gasteiger partial charge in [0.1, 0.15) is 0 Å². The van der Waals surface area contributed by atoms with Crippen LogP contribution < -0.4 is 5.69 Å². The summed E-state index contributed by atoms with van der Waals surface area (Å²) in [5, 5.41) is 19.2. The molecular weight excluding hydrogens is 402 g/mol. The highest BCUT2D eigenvalue weighted by molar-refractivity contribution is 5.76. The maximum absolute atomic E-state index is 13.3. The van der Waals surface area contributed by atoms with E-state index in [0.29, 0.717) is 5.41 Å². The zero-order valence-electron chi connectivity index (χ0n) is 19.3. The van der Waals surface area contributed by atoms with E-state index in [-0.39, 0.29) is 24.9 Å². The molecule has 2 aromatic rings. The smallest absolute Gasteiger partial charge is 0.329 e. The van der Waals surface area contributed by atoms with Crippen LogP contribution in [0.2, 0.25) is 0 Å². The Morgan fingerprint density at radius 1 is 0.969 bits per heavy atom. The van der Waals surface area contributed by atoms with E-state index in [1.807, 2.05) is 28.8 Å². The zero-order valence-corrected chi connectivity index (χ0v) is 19.3. The van der Waals surface area contributed by atoms with Gasteiger partial charge in [-0.05, 0) is 62.0 Å². The second-order valence-electron chi connectivity index (χ2n) is 10.6. The van der Waals surface area contributed by atoms with E-state index in [1.54, 1.807) is 4.57 Å². The molecule has 2 saturated carbocycles. The first-order valence-electron chi connectivity index (χ1n) is 12.8. The minimum Gasteiger partial charge on any atom is -0.394 e. The molecule has 0 bridgehead atoms. The Kier molecular flexibility index (Phi) is 6.46. The lowest BCUT2D eigenvalue weighted by molar-refractivity contribution is 0.0513. The fraction of sp³-hybridized carbons (Fsp3) is 0.731. The number of hydrogen-bond donors (Lipinski definition) is 2. The summed E-state index contributed by atoms with van der Waals surface area (Å²) in [5.41, 5.74) is 2.36. The van der Waals surface area contributed by atoms with Crippen LogP contribution in [0.3, 0.4) is 0 Å². The van der Waals surface area contributed by atoms with Gasteiger partial charge in [0, 0.05) is 25.7 Å². The largest absolute Gasteiger partial charge is 0.394 e. The summed E-state index contributed by atoms with van der Waals surface area (Å²) < 4.78 is 3.59. The van der Waals surface area contributed by atoms with Gasteiger partial charge < -0.3 is 15.1 Å². The maximum atomic E-state index is 13.3. The zero-order chi connectivity index (χ0) is 22.1. The number of imidazole rings is 1. The van der Waals surface area contributed by atoms with Gasteiger partial charge in [-0.1, -0.05) is 37.8 Å². The molecule has 2 heterocycles. The average Bonchev–Trinajstić information content (AvgIpc) is 3.39. The summed E-state index contributed by atoms with van der Waals surface area (Å²) in [6.45, 7) is 3.15. The van der Waals surface area contributed by atoms with Crippen molar-refractivity contribution >= 4 is 11.0 Å². The summed E-state index contributed by atoms with van der Waals surface area (Å²) in [4.78, 5) is 16.0. The molecular formula is C26H39N3O3. The summed E-state index contributed by atoms with van der Waals surface area (Å²) in [6.07, 6.45) is 12.5. The molecule has 0 amide bonds. The third-order valence-corrected chi connectivity index (χ3v) is 8.82. The van der Waals surface area contributed by atoms with Gasteiger partial charge in [0.15, 0.2) is 0 Å². The molecule has 0 radical (unpaired) electrons. The van der Waals surface area contributed by atoms with Crippen molar-refractivity contribution in [3.63, 3.8) is 0 Å². The molecule has 2 aliphatic carbocycles. The lowest BCUT2D eigenvalue weighted by Gasteiger charge is -2.45. The summed E-state index contributed by atoms with van der Waals surface area (Å²) in [5.74, 6) is 0.861. The Hall–Kier alpha value is -1.63. The van der Waals surface area contributed by atoms with Crippen LogP contribution in [0.5, 0.6) is 0 Å². The first kappa shape index (κ1) is 22.2. The molecule has 1 aromatic carbocycles. The lowest BCUT2D eigenvalue weighted by atomic mass is 9.65. The maximum Gasteiger partial charge on any atom is 0.329 e. The molecule has 3 aliphatic rings. The van der Waals surface area contributed by atoms with E-state index in [2.05, 4.69) is 4.90 Å². The van der Waals surface area contributed by atoms with E-state index in [9.17, 15) is 15.0 Å². The molecule has 1 aromatic heterocycles. The Bertz CT molecular complexity index is 966.